The maximum atomic E-state index is 12.8. The van der Waals surface area contributed by atoms with Gasteiger partial charge in [0.15, 0.2) is 15.6 Å². The number of Topliss-reactive ketones (excluding diaryl/α,β-unsaturated/α-hetero) is 1. The van der Waals surface area contributed by atoms with Gasteiger partial charge >= 0.3 is 0 Å². The number of ether oxygens (including phenoxy) is 1. The summed E-state index contributed by atoms with van der Waals surface area (Å²) in [5.41, 5.74) is 0.904. The quantitative estimate of drug-likeness (QED) is 0.671. The summed E-state index contributed by atoms with van der Waals surface area (Å²) in [5.74, 6) is 0.343. The van der Waals surface area contributed by atoms with Gasteiger partial charge in [0.25, 0.3) is 5.91 Å². The number of sulfone groups is 1. The fourth-order valence-electron chi connectivity index (χ4n) is 3.44. The van der Waals surface area contributed by atoms with E-state index in [2.05, 4.69) is 0 Å². The van der Waals surface area contributed by atoms with Crippen LogP contribution in [0.5, 0.6) is 5.75 Å². The number of ketones is 1. The van der Waals surface area contributed by atoms with Crippen molar-refractivity contribution >= 4 is 33.1 Å². The topological polar surface area (TPSA) is 80.8 Å². The summed E-state index contributed by atoms with van der Waals surface area (Å²) in [6.07, 6.45) is 2.17. The molecule has 0 N–H and O–H groups in total. The lowest BCUT2D eigenvalue weighted by Crippen LogP contribution is -2.40. The van der Waals surface area contributed by atoms with Crippen molar-refractivity contribution in [3.63, 3.8) is 0 Å². The van der Waals surface area contributed by atoms with Gasteiger partial charge in [-0.3, -0.25) is 9.59 Å². The molecular formula is C21H22ClNO5S. The molecule has 0 saturated carbocycles. The smallest absolute Gasteiger partial charge is 0.253 e. The minimum atomic E-state index is -3.53. The van der Waals surface area contributed by atoms with Crippen molar-refractivity contribution < 1.29 is 22.7 Å². The van der Waals surface area contributed by atoms with Crippen LogP contribution in [0.1, 0.15) is 33.6 Å². The second kappa shape index (κ2) is 8.55. The summed E-state index contributed by atoms with van der Waals surface area (Å²) in [6, 6.07) is 11.3. The van der Waals surface area contributed by atoms with E-state index < -0.39 is 9.84 Å². The molecule has 29 heavy (non-hydrogen) atoms. The normalized spacial score (nSPS) is 15.2. The Labute approximate surface area is 175 Å². The molecule has 1 aliphatic rings. The minimum Gasteiger partial charge on any atom is -0.497 e. The zero-order valence-electron chi connectivity index (χ0n) is 16.2. The van der Waals surface area contributed by atoms with Gasteiger partial charge < -0.3 is 9.64 Å². The third-order valence-corrected chi connectivity index (χ3v) is 6.68. The molecule has 8 heteroatoms. The Kier molecular flexibility index (Phi) is 6.29. The van der Waals surface area contributed by atoms with E-state index >= 15 is 0 Å². The third kappa shape index (κ3) is 4.79. The molecule has 0 radical (unpaired) electrons. The highest BCUT2D eigenvalue weighted by Crippen LogP contribution is 2.26. The zero-order valence-corrected chi connectivity index (χ0v) is 17.8. The number of hydrogen-bond donors (Lipinski definition) is 0. The van der Waals surface area contributed by atoms with Gasteiger partial charge in [0.2, 0.25) is 0 Å². The predicted octanol–water partition coefficient (Wildman–Crippen LogP) is 3.49. The SMILES string of the molecule is COc1ccc(C(=O)C2CCN(C(=O)c3ccc(Cl)c(S(C)(=O)=O)c3)CC2)cc1. The summed E-state index contributed by atoms with van der Waals surface area (Å²) in [6.45, 7) is 0.866. The van der Waals surface area contributed by atoms with Crippen molar-refractivity contribution in [1.82, 2.24) is 4.90 Å². The lowest BCUT2D eigenvalue weighted by atomic mass is 9.88. The molecule has 0 aromatic heterocycles. The number of halogens is 1. The number of benzene rings is 2. The van der Waals surface area contributed by atoms with E-state index in [-0.39, 0.29) is 33.1 Å². The molecule has 0 atom stereocenters. The van der Waals surface area contributed by atoms with Crippen molar-refractivity contribution in [2.75, 3.05) is 26.5 Å². The Morgan fingerprint density at radius 3 is 2.17 bits per heavy atom. The zero-order chi connectivity index (χ0) is 21.2. The lowest BCUT2D eigenvalue weighted by molar-refractivity contribution is 0.0650. The standard InChI is InChI=1S/C21H22ClNO5S/c1-28-17-6-3-14(4-7-17)20(24)15-9-11-23(12-10-15)21(25)16-5-8-18(22)19(13-16)29(2,26)27/h3-8,13,15H,9-12H2,1-2H3. The summed E-state index contributed by atoms with van der Waals surface area (Å²) in [7, 11) is -1.96. The molecule has 1 amide bonds. The Morgan fingerprint density at radius 2 is 1.62 bits per heavy atom. The van der Waals surface area contributed by atoms with E-state index in [1.165, 1.54) is 18.2 Å². The summed E-state index contributed by atoms with van der Waals surface area (Å²) < 4.78 is 28.8. The molecule has 0 bridgehead atoms. The highest BCUT2D eigenvalue weighted by atomic mass is 35.5. The number of likely N-dealkylation sites (tertiary alicyclic amines) is 1. The van der Waals surface area contributed by atoms with Gasteiger partial charge in [-0.15, -0.1) is 0 Å². The first-order valence-electron chi connectivity index (χ1n) is 9.18. The van der Waals surface area contributed by atoms with Crippen LogP contribution in [0.2, 0.25) is 5.02 Å². The molecule has 0 spiro atoms. The molecule has 0 unspecified atom stereocenters. The molecule has 3 rings (SSSR count). The number of nitrogens with zero attached hydrogens (tertiary/aromatic N) is 1. The molecule has 2 aromatic rings. The molecule has 1 fully saturated rings. The molecule has 6 nitrogen and oxygen atoms in total. The van der Waals surface area contributed by atoms with Crippen molar-refractivity contribution in [3.8, 4) is 5.75 Å². The summed E-state index contributed by atoms with van der Waals surface area (Å²) >= 11 is 5.95. The molecule has 1 aliphatic heterocycles. The number of carbonyl (C=O) groups is 2. The highest BCUT2D eigenvalue weighted by molar-refractivity contribution is 7.90. The Balaban J connectivity index is 1.67. The van der Waals surface area contributed by atoms with Crippen molar-refractivity contribution in [2.24, 2.45) is 5.92 Å². The minimum absolute atomic E-state index is 0.0606. The second-order valence-electron chi connectivity index (χ2n) is 7.08. The van der Waals surface area contributed by atoms with E-state index in [4.69, 9.17) is 16.3 Å². The molecule has 1 heterocycles. The lowest BCUT2D eigenvalue weighted by Gasteiger charge is -2.31. The molecule has 0 aliphatic carbocycles. The first-order valence-corrected chi connectivity index (χ1v) is 11.4. The Bertz CT molecular complexity index is 1030. The summed E-state index contributed by atoms with van der Waals surface area (Å²) in [4.78, 5) is 27.1. The van der Waals surface area contributed by atoms with Crippen LogP contribution in [0.15, 0.2) is 47.4 Å². The van der Waals surface area contributed by atoms with Crippen LogP contribution in [0.3, 0.4) is 0 Å². The van der Waals surface area contributed by atoms with Gasteiger partial charge in [-0.05, 0) is 55.3 Å². The Hall–Kier alpha value is -2.38. The van der Waals surface area contributed by atoms with Gasteiger partial charge in [0, 0.05) is 36.4 Å². The van der Waals surface area contributed by atoms with E-state index in [1.54, 1.807) is 36.3 Å². The van der Waals surface area contributed by atoms with E-state index in [0.717, 1.165) is 6.26 Å². The first kappa shape index (κ1) is 21.3. The average molecular weight is 436 g/mol. The van der Waals surface area contributed by atoms with Crippen LogP contribution in [0.25, 0.3) is 0 Å². The number of methoxy groups -OCH3 is 1. The van der Waals surface area contributed by atoms with Gasteiger partial charge in [0.05, 0.1) is 17.0 Å². The van der Waals surface area contributed by atoms with Crippen molar-refractivity contribution in [2.45, 2.75) is 17.7 Å². The highest BCUT2D eigenvalue weighted by Gasteiger charge is 2.29. The predicted molar refractivity (Wildman–Crippen MR) is 111 cm³/mol. The number of amides is 1. The monoisotopic (exact) mass is 435 g/mol. The van der Waals surface area contributed by atoms with Gasteiger partial charge in [-0.25, -0.2) is 8.42 Å². The van der Waals surface area contributed by atoms with Crippen LogP contribution in [0, 0.1) is 5.92 Å². The molecule has 154 valence electrons. The number of hydrogen-bond acceptors (Lipinski definition) is 5. The van der Waals surface area contributed by atoms with Crippen LogP contribution >= 0.6 is 11.6 Å². The fraction of sp³-hybridized carbons (Fsp3) is 0.333. The van der Waals surface area contributed by atoms with Crippen LogP contribution in [0.4, 0.5) is 0 Å². The average Bonchev–Trinajstić information content (AvgIpc) is 2.72. The fourth-order valence-corrected chi connectivity index (χ4v) is 4.74. The Morgan fingerprint density at radius 1 is 1.03 bits per heavy atom. The van der Waals surface area contributed by atoms with Crippen LogP contribution < -0.4 is 4.74 Å². The number of carbonyl (C=O) groups excluding carboxylic acids is 2. The maximum absolute atomic E-state index is 12.8. The number of piperidine rings is 1. The van der Waals surface area contributed by atoms with E-state index in [0.29, 0.717) is 37.2 Å². The molecule has 1 saturated heterocycles. The largest absolute Gasteiger partial charge is 0.497 e. The molecular weight excluding hydrogens is 414 g/mol. The van der Waals surface area contributed by atoms with Crippen LogP contribution in [-0.2, 0) is 9.84 Å². The summed E-state index contributed by atoms with van der Waals surface area (Å²) in [5, 5.41) is 0.0906. The first-order chi connectivity index (χ1) is 13.7. The van der Waals surface area contributed by atoms with Crippen molar-refractivity contribution in [1.29, 1.82) is 0 Å². The van der Waals surface area contributed by atoms with E-state index in [9.17, 15) is 18.0 Å². The molecule has 2 aromatic carbocycles. The number of rotatable bonds is 5. The van der Waals surface area contributed by atoms with Gasteiger partial charge in [-0.1, -0.05) is 11.6 Å². The van der Waals surface area contributed by atoms with Gasteiger partial charge in [0.1, 0.15) is 5.75 Å². The third-order valence-electron chi connectivity index (χ3n) is 5.11. The van der Waals surface area contributed by atoms with Crippen molar-refractivity contribution in [3.05, 3.63) is 58.6 Å². The maximum Gasteiger partial charge on any atom is 0.253 e. The van der Waals surface area contributed by atoms with E-state index in [1.807, 2.05) is 0 Å². The second-order valence-corrected chi connectivity index (χ2v) is 9.47. The van der Waals surface area contributed by atoms with Crippen LogP contribution in [-0.4, -0.2) is 51.5 Å². The van der Waals surface area contributed by atoms with Gasteiger partial charge in [-0.2, -0.15) is 0 Å².